The summed E-state index contributed by atoms with van der Waals surface area (Å²) in [4.78, 5) is 11.4. The Morgan fingerprint density at radius 3 is 2.65 bits per heavy atom. The van der Waals surface area contributed by atoms with Crippen LogP contribution in [0.4, 0.5) is 5.69 Å². The molecule has 0 fully saturated rings. The van der Waals surface area contributed by atoms with Gasteiger partial charge in [-0.3, -0.25) is 4.79 Å². The van der Waals surface area contributed by atoms with E-state index in [2.05, 4.69) is 5.32 Å². The molecule has 0 bridgehead atoms. The van der Waals surface area contributed by atoms with Crippen molar-refractivity contribution >= 4 is 22.4 Å². The molecule has 2 aromatic carbocycles. The molecular formula is C14H12N2O. The van der Waals surface area contributed by atoms with Gasteiger partial charge in [-0.1, -0.05) is 30.3 Å². The van der Waals surface area contributed by atoms with Crippen molar-refractivity contribution in [2.45, 2.75) is 13.3 Å². The molecule has 3 heteroatoms. The third-order valence-corrected chi connectivity index (χ3v) is 2.66. The Bertz CT molecular complexity index is 611. The Morgan fingerprint density at radius 2 is 1.94 bits per heavy atom. The van der Waals surface area contributed by atoms with Gasteiger partial charge in [0, 0.05) is 11.1 Å². The molecule has 0 aromatic heterocycles. The summed E-state index contributed by atoms with van der Waals surface area (Å²) in [6, 6.07) is 13.5. The summed E-state index contributed by atoms with van der Waals surface area (Å²) in [6.07, 6.45) is -0.123. The molecule has 0 aliphatic rings. The summed E-state index contributed by atoms with van der Waals surface area (Å²) >= 11 is 0. The molecular weight excluding hydrogens is 212 g/mol. The molecule has 0 aliphatic heterocycles. The van der Waals surface area contributed by atoms with Gasteiger partial charge in [-0.25, -0.2) is 0 Å². The van der Waals surface area contributed by atoms with Crippen molar-refractivity contribution in [3.8, 4) is 6.07 Å². The quantitative estimate of drug-likeness (QED) is 0.852. The fourth-order valence-corrected chi connectivity index (χ4v) is 1.82. The van der Waals surface area contributed by atoms with Crippen LogP contribution in [0.5, 0.6) is 0 Å². The number of rotatable bonds is 2. The number of hydrogen-bond donors (Lipinski definition) is 1. The van der Waals surface area contributed by atoms with Gasteiger partial charge in [0.05, 0.1) is 6.07 Å². The van der Waals surface area contributed by atoms with Gasteiger partial charge >= 0.3 is 0 Å². The van der Waals surface area contributed by atoms with Crippen LogP contribution >= 0.6 is 0 Å². The van der Waals surface area contributed by atoms with E-state index >= 15 is 0 Å². The highest BCUT2D eigenvalue weighted by Crippen LogP contribution is 2.26. The summed E-state index contributed by atoms with van der Waals surface area (Å²) in [6.45, 7) is 2.03. The minimum Gasteiger partial charge on any atom is -0.325 e. The van der Waals surface area contributed by atoms with Gasteiger partial charge < -0.3 is 5.32 Å². The molecule has 0 heterocycles. The molecule has 2 rings (SSSR count). The first-order chi connectivity index (χ1) is 8.22. The first kappa shape index (κ1) is 11.2. The van der Waals surface area contributed by atoms with Crippen molar-refractivity contribution < 1.29 is 4.79 Å². The van der Waals surface area contributed by atoms with Crippen LogP contribution in [0, 0.1) is 18.3 Å². The molecule has 17 heavy (non-hydrogen) atoms. The summed E-state index contributed by atoms with van der Waals surface area (Å²) in [7, 11) is 0. The van der Waals surface area contributed by atoms with Crippen LogP contribution in [0.25, 0.3) is 10.8 Å². The number of benzene rings is 2. The second kappa shape index (κ2) is 4.67. The molecule has 3 nitrogen and oxygen atoms in total. The zero-order valence-electron chi connectivity index (χ0n) is 9.53. The molecule has 2 aromatic rings. The number of carbonyl (C=O) groups is 1. The zero-order valence-corrected chi connectivity index (χ0v) is 9.53. The van der Waals surface area contributed by atoms with Gasteiger partial charge in [0.15, 0.2) is 0 Å². The van der Waals surface area contributed by atoms with Gasteiger partial charge in [-0.15, -0.1) is 0 Å². The highest BCUT2D eigenvalue weighted by Gasteiger charge is 2.06. The van der Waals surface area contributed by atoms with Crippen molar-refractivity contribution in [3.05, 3.63) is 42.0 Å². The molecule has 0 saturated carbocycles. The number of nitrogens with zero attached hydrogens (tertiary/aromatic N) is 1. The lowest BCUT2D eigenvalue weighted by Gasteiger charge is -2.09. The van der Waals surface area contributed by atoms with Crippen LogP contribution in [0.15, 0.2) is 36.4 Å². The Balaban J connectivity index is 2.45. The van der Waals surface area contributed by atoms with E-state index in [0.717, 1.165) is 16.5 Å². The first-order valence-corrected chi connectivity index (χ1v) is 5.37. The highest BCUT2D eigenvalue weighted by atomic mass is 16.1. The van der Waals surface area contributed by atoms with Crippen LogP contribution in [0.3, 0.4) is 0 Å². The predicted octanol–water partition coefficient (Wildman–Crippen LogP) is 3.00. The summed E-state index contributed by atoms with van der Waals surface area (Å²) in [5.74, 6) is -0.276. The molecule has 0 saturated heterocycles. The molecule has 1 amide bonds. The van der Waals surface area contributed by atoms with E-state index < -0.39 is 0 Å². The van der Waals surface area contributed by atoms with Crippen LogP contribution < -0.4 is 5.32 Å². The number of aryl methyl sites for hydroxylation is 1. The van der Waals surface area contributed by atoms with Gasteiger partial charge in [0.2, 0.25) is 5.91 Å². The SMILES string of the molecule is Cc1ccc(NC(=O)CC#N)c2ccccc12. The van der Waals surface area contributed by atoms with Crippen LogP contribution in [0.1, 0.15) is 12.0 Å². The molecule has 0 spiro atoms. The van der Waals surface area contributed by atoms with Crippen LogP contribution in [0.2, 0.25) is 0 Å². The summed E-state index contributed by atoms with van der Waals surface area (Å²) in [5, 5.41) is 13.3. The monoisotopic (exact) mass is 224 g/mol. The largest absolute Gasteiger partial charge is 0.325 e. The lowest BCUT2D eigenvalue weighted by Crippen LogP contribution is -2.10. The van der Waals surface area contributed by atoms with E-state index in [4.69, 9.17) is 5.26 Å². The molecule has 1 N–H and O–H groups in total. The number of carbonyl (C=O) groups excluding carboxylic acids is 1. The number of amides is 1. The van der Waals surface area contributed by atoms with E-state index in [0.29, 0.717) is 0 Å². The molecule has 84 valence electrons. The van der Waals surface area contributed by atoms with Gasteiger partial charge in [0.1, 0.15) is 6.42 Å². The fourth-order valence-electron chi connectivity index (χ4n) is 1.82. The smallest absolute Gasteiger partial charge is 0.238 e. The third-order valence-electron chi connectivity index (χ3n) is 2.66. The van der Waals surface area contributed by atoms with Gasteiger partial charge in [-0.2, -0.15) is 5.26 Å². The molecule has 0 unspecified atom stereocenters. The standard InChI is InChI=1S/C14H12N2O/c1-10-6-7-13(16-14(17)8-9-15)12-5-3-2-4-11(10)12/h2-7H,8H2,1H3,(H,16,17). The van der Waals surface area contributed by atoms with Crippen molar-refractivity contribution in [1.82, 2.24) is 0 Å². The van der Waals surface area contributed by atoms with Crippen molar-refractivity contribution in [1.29, 1.82) is 5.26 Å². The molecule has 0 aliphatic carbocycles. The average Bonchev–Trinajstić information content (AvgIpc) is 2.34. The maximum atomic E-state index is 11.4. The summed E-state index contributed by atoms with van der Waals surface area (Å²) < 4.78 is 0. The second-order valence-corrected chi connectivity index (χ2v) is 3.86. The molecule has 0 radical (unpaired) electrons. The highest BCUT2D eigenvalue weighted by molar-refractivity contribution is 6.03. The number of nitriles is 1. The van der Waals surface area contributed by atoms with Crippen LogP contribution in [-0.4, -0.2) is 5.91 Å². The average molecular weight is 224 g/mol. The van der Waals surface area contributed by atoms with Crippen LogP contribution in [-0.2, 0) is 4.79 Å². The first-order valence-electron chi connectivity index (χ1n) is 5.37. The minimum absolute atomic E-state index is 0.123. The fraction of sp³-hybridized carbons (Fsp3) is 0.143. The van der Waals surface area contributed by atoms with E-state index in [1.54, 1.807) is 0 Å². The van der Waals surface area contributed by atoms with E-state index in [1.807, 2.05) is 49.4 Å². The molecule has 0 atom stereocenters. The van der Waals surface area contributed by atoms with Gasteiger partial charge in [-0.05, 0) is 23.9 Å². The summed E-state index contributed by atoms with van der Waals surface area (Å²) in [5.41, 5.74) is 1.92. The maximum absolute atomic E-state index is 11.4. The Kier molecular flexibility index (Phi) is 3.06. The topological polar surface area (TPSA) is 52.9 Å². The Labute approximate surface area is 99.7 Å². The minimum atomic E-state index is -0.276. The van der Waals surface area contributed by atoms with Crippen molar-refractivity contribution in [2.24, 2.45) is 0 Å². The number of hydrogen-bond acceptors (Lipinski definition) is 2. The Morgan fingerprint density at radius 1 is 1.24 bits per heavy atom. The Hall–Kier alpha value is -2.34. The number of anilines is 1. The van der Waals surface area contributed by atoms with Gasteiger partial charge in [0.25, 0.3) is 0 Å². The lowest BCUT2D eigenvalue weighted by atomic mass is 10.0. The lowest BCUT2D eigenvalue weighted by molar-refractivity contribution is -0.115. The third kappa shape index (κ3) is 2.26. The second-order valence-electron chi connectivity index (χ2n) is 3.86. The zero-order chi connectivity index (χ0) is 12.3. The number of fused-ring (bicyclic) bond motifs is 1. The van der Waals surface area contributed by atoms with E-state index in [-0.39, 0.29) is 12.3 Å². The maximum Gasteiger partial charge on any atom is 0.238 e. The normalized spacial score (nSPS) is 9.88. The van der Waals surface area contributed by atoms with Crippen molar-refractivity contribution in [2.75, 3.05) is 5.32 Å². The number of nitrogens with one attached hydrogen (secondary N) is 1. The van der Waals surface area contributed by atoms with E-state index in [9.17, 15) is 4.79 Å². The van der Waals surface area contributed by atoms with E-state index in [1.165, 1.54) is 5.56 Å². The van der Waals surface area contributed by atoms with Crippen molar-refractivity contribution in [3.63, 3.8) is 0 Å². The predicted molar refractivity (Wildman–Crippen MR) is 67.5 cm³/mol.